The van der Waals surface area contributed by atoms with Gasteiger partial charge < -0.3 is 15.4 Å². The molecule has 1 saturated carbocycles. The second kappa shape index (κ2) is 8.37. The van der Waals surface area contributed by atoms with Gasteiger partial charge in [0.05, 0.1) is 24.6 Å². The lowest BCUT2D eigenvalue weighted by Gasteiger charge is -2.12. The van der Waals surface area contributed by atoms with E-state index in [4.69, 9.17) is 9.72 Å². The van der Waals surface area contributed by atoms with Crippen molar-refractivity contribution in [3.05, 3.63) is 47.5 Å². The fourth-order valence-corrected chi connectivity index (χ4v) is 3.19. The molecule has 0 unspecified atom stereocenters. The summed E-state index contributed by atoms with van der Waals surface area (Å²) in [6.07, 6.45) is 5.97. The maximum absolute atomic E-state index is 12.2. The van der Waals surface area contributed by atoms with Crippen LogP contribution in [0, 0.1) is 17.8 Å². The number of pyridine rings is 3. The third kappa shape index (κ3) is 4.03. The molecule has 0 radical (unpaired) electrons. The molecule has 0 aliphatic heterocycles. The van der Waals surface area contributed by atoms with Crippen molar-refractivity contribution < 1.29 is 9.53 Å². The van der Waals surface area contributed by atoms with Gasteiger partial charge in [-0.05, 0) is 43.4 Å². The smallest absolute Gasteiger partial charge is 0.228 e. The van der Waals surface area contributed by atoms with Crippen molar-refractivity contribution in [2.24, 2.45) is 5.92 Å². The highest BCUT2D eigenvalue weighted by Crippen LogP contribution is 2.32. The molecule has 0 spiro atoms. The van der Waals surface area contributed by atoms with Crippen LogP contribution in [-0.4, -0.2) is 35.0 Å². The van der Waals surface area contributed by atoms with Crippen molar-refractivity contribution in [3.63, 3.8) is 0 Å². The lowest BCUT2D eigenvalue weighted by atomic mass is 10.0. The number of hydrogen-bond acceptors (Lipinski definition) is 6. The van der Waals surface area contributed by atoms with Crippen molar-refractivity contribution in [2.75, 3.05) is 24.8 Å². The first-order chi connectivity index (χ1) is 14.6. The molecule has 0 saturated heterocycles. The average Bonchev–Trinajstić information content (AvgIpc) is 3.63. The summed E-state index contributed by atoms with van der Waals surface area (Å²) in [6.45, 7) is 2.04. The van der Waals surface area contributed by atoms with E-state index in [0.717, 1.165) is 47.1 Å². The standard InChI is InChI=1S/C23H23N5O2/c1-4-20-17(10-8-15-7-9-16(30-3)12-25-15)18-11-21(28-23(29)14-5-6-14)26-13-19(18)22(24-2)27-20/h7,9,11-14H,4-6H2,1-3H3,(H,24,27)(H,26,28,29). The van der Waals surface area contributed by atoms with Gasteiger partial charge in [0.15, 0.2) is 0 Å². The van der Waals surface area contributed by atoms with Gasteiger partial charge in [-0.25, -0.2) is 15.0 Å². The van der Waals surface area contributed by atoms with E-state index in [1.165, 1.54) is 0 Å². The number of anilines is 2. The van der Waals surface area contributed by atoms with Gasteiger partial charge in [0.1, 0.15) is 23.1 Å². The zero-order valence-electron chi connectivity index (χ0n) is 17.2. The lowest BCUT2D eigenvalue weighted by Crippen LogP contribution is -2.14. The minimum Gasteiger partial charge on any atom is -0.495 e. The quantitative estimate of drug-likeness (QED) is 0.637. The SMILES string of the molecule is CCc1nc(NC)c2cnc(NC(=O)C3CC3)cc2c1C#Cc1ccc(OC)cn1. The Kier molecular flexibility index (Phi) is 5.48. The van der Waals surface area contributed by atoms with Crippen LogP contribution < -0.4 is 15.4 Å². The number of methoxy groups -OCH3 is 1. The third-order valence-electron chi connectivity index (χ3n) is 5.02. The Bertz CT molecular complexity index is 1160. The summed E-state index contributed by atoms with van der Waals surface area (Å²) in [6, 6.07) is 5.52. The molecule has 0 aromatic carbocycles. The second-order valence-corrected chi connectivity index (χ2v) is 7.10. The van der Waals surface area contributed by atoms with Crippen LogP contribution in [-0.2, 0) is 11.2 Å². The number of aromatic nitrogens is 3. The number of aryl methyl sites for hydroxylation is 1. The minimum atomic E-state index is 0.0236. The van der Waals surface area contributed by atoms with Crippen LogP contribution in [0.5, 0.6) is 5.75 Å². The fraction of sp³-hybridized carbons (Fsp3) is 0.304. The highest BCUT2D eigenvalue weighted by molar-refractivity contribution is 6.00. The van der Waals surface area contributed by atoms with Gasteiger partial charge in [-0.1, -0.05) is 12.8 Å². The van der Waals surface area contributed by atoms with Crippen molar-refractivity contribution in [3.8, 4) is 17.6 Å². The molecule has 1 aliphatic rings. The molecule has 7 nitrogen and oxygen atoms in total. The molecule has 1 amide bonds. The van der Waals surface area contributed by atoms with E-state index < -0.39 is 0 Å². The molecule has 1 fully saturated rings. The zero-order valence-corrected chi connectivity index (χ0v) is 17.2. The largest absolute Gasteiger partial charge is 0.495 e. The van der Waals surface area contributed by atoms with Crippen LogP contribution in [0.25, 0.3) is 10.8 Å². The Morgan fingerprint density at radius 1 is 1.20 bits per heavy atom. The van der Waals surface area contributed by atoms with E-state index in [0.29, 0.717) is 17.3 Å². The van der Waals surface area contributed by atoms with E-state index in [1.54, 1.807) is 19.5 Å². The molecule has 3 heterocycles. The molecule has 0 bridgehead atoms. The van der Waals surface area contributed by atoms with Crippen LogP contribution in [0.2, 0.25) is 0 Å². The summed E-state index contributed by atoms with van der Waals surface area (Å²) >= 11 is 0. The van der Waals surface area contributed by atoms with Gasteiger partial charge in [-0.3, -0.25) is 4.79 Å². The first kappa shape index (κ1) is 19.6. The van der Waals surface area contributed by atoms with E-state index in [2.05, 4.69) is 32.4 Å². The molecule has 152 valence electrons. The van der Waals surface area contributed by atoms with Gasteiger partial charge in [0, 0.05) is 29.9 Å². The summed E-state index contributed by atoms with van der Waals surface area (Å²) < 4.78 is 5.15. The second-order valence-electron chi connectivity index (χ2n) is 7.10. The van der Waals surface area contributed by atoms with Crippen LogP contribution in [0.4, 0.5) is 11.6 Å². The van der Waals surface area contributed by atoms with Gasteiger partial charge in [0.2, 0.25) is 5.91 Å². The normalized spacial score (nSPS) is 12.8. The number of carbonyl (C=O) groups excluding carboxylic acids is 1. The molecule has 30 heavy (non-hydrogen) atoms. The maximum Gasteiger partial charge on any atom is 0.228 e. The Morgan fingerprint density at radius 3 is 2.67 bits per heavy atom. The van der Waals surface area contributed by atoms with Crippen LogP contribution in [0.15, 0.2) is 30.6 Å². The number of hydrogen-bond donors (Lipinski definition) is 2. The van der Waals surface area contributed by atoms with Crippen LogP contribution in [0.3, 0.4) is 0 Å². The Labute approximate surface area is 175 Å². The van der Waals surface area contributed by atoms with Gasteiger partial charge in [-0.2, -0.15) is 0 Å². The van der Waals surface area contributed by atoms with Crippen LogP contribution >= 0.6 is 0 Å². The molecule has 4 rings (SSSR count). The maximum atomic E-state index is 12.2. The molecule has 2 N–H and O–H groups in total. The van der Waals surface area contributed by atoms with Gasteiger partial charge in [-0.15, -0.1) is 0 Å². The first-order valence-electron chi connectivity index (χ1n) is 9.96. The van der Waals surface area contributed by atoms with E-state index in [9.17, 15) is 4.79 Å². The third-order valence-corrected chi connectivity index (χ3v) is 5.02. The summed E-state index contributed by atoms with van der Waals surface area (Å²) in [5.41, 5.74) is 2.33. The Morgan fingerprint density at radius 2 is 2.03 bits per heavy atom. The average molecular weight is 401 g/mol. The predicted molar refractivity (Wildman–Crippen MR) is 117 cm³/mol. The van der Waals surface area contributed by atoms with Crippen LogP contribution in [0.1, 0.15) is 36.7 Å². The summed E-state index contributed by atoms with van der Waals surface area (Å²) in [7, 11) is 3.43. The number of nitrogens with zero attached hydrogens (tertiary/aromatic N) is 3. The Balaban J connectivity index is 1.80. The molecular weight excluding hydrogens is 378 g/mol. The Hall–Kier alpha value is -3.66. The fourth-order valence-electron chi connectivity index (χ4n) is 3.19. The number of rotatable bonds is 5. The molecule has 3 aromatic heterocycles. The van der Waals surface area contributed by atoms with Crippen molar-refractivity contribution in [1.82, 2.24) is 15.0 Å². The number of nitrogens with one attached hydrogen (secondary N) is 2. The van der Waals surface area contributed by atoms with E-state index in [-0.39, 0.29) is 11.8 Å². The molecule has 7 heteroatoms. The van der Waals surface area contributed by atoms with Crippen molar-refractivity contribution in [1.29, 1.82) is 0 Å². The minimum absolute atomic E-state index is 0.0236. The number of fused-ring (bicyclic) bond motifs is 1. The molecule has 3 aromatic rings. The first-order valence-corrected chi connectivity index (χ1v) is 9.96. The van der Waals surface area contributed by atoms with E-state index in [1.807, 2.05) is 32.2 Å². The van der Waals surface area contributed by atoms with Crippen molar-refractivity contribution >= 4 is 28.3 Å². The topological polar surface area (TPSA) is 89.0 Å². The van der Waals surface area contributed by atoms with Crippen molar-refractivity contribution in [2.45, 2.75) is 26.2 Å². The summed E-state index contributed by atoms with van der Waals surface area (Å²) in [4.78, 5) is 25.6. The van der Waals surface area contributed by atoms with Gasteiger partial charge >= 0.3 is 0 Å². The predicted octanol–water partition coefficient (Wildman–Crippen LogP) is 3.39. The lowest BCUT2D eigenvalue weighted by molar-refractivity contribution is -0.117. The number of amides is 1. The number of ether oxygens (including phenoxy) is 1. The highest BCUT2D eigenvalue weighted by Gasteiger charge is 2.29. The zero-order chi connectivity index (χ0) is 21.1. The van der Waals surface area contributed by atoms with E-state index >= 15 is 0 Å². The molecular formula is C23H23N5O2. The molecule has 0 atom stereocenters. The highest BCUT2D eigenvalue weighted by atomic mass is 16.5. The van der Waals surface area contributed by atoms with Gasteiger partial charge in [0.25, 0.3) is 0 Å². The monoisotopic (exact) mass is 401 g/mol. The summed E-state index contributed by atoms with van der Waals surface area (Å²) in [5, 5.41) is 7.80. The molecule has 1 aliphatic carbocycles. The number of carbonyl (C=O) groups is 1. The summed E-state index contributed by atoms with van der Waals surface area (Å²) in [5.74, 6) is 8.45.